The van der Waals surface area contributed by atoms with Crippen molar-refractivity contribution in [1.82, 2.24) is 9.97 Å². The van der Waals surface area contributed by atoms with Crippen molar-refractivity contribution in [3.63, 3.8) is 0 Å². The number of rotatable bonds is 10. The number of nitrogens with two attached hydrogens (primary N) is 1. The zero-order chi connectivity index (χ0) is 35.0. The van der Waals surface area contributed by atoms with E-state index < -0.39 is 69.5 Å². The van der Waals surface area contributed by atoms with Gasteiger partial charge in [-0.15, -0.1) is 0 Å². The van der Waals surface area contributed by atoms with Gasteiger partial charge in [0.05, 0.1) is 38.3 Å². The van der Waals surface area contributed by atoms with Gasteiger partial charge in [0.2, 0.25) is 11.0 Å². The summed E-state index contributed by atoms with van der Waals surface area (Å²) in [6.07, 6.45) is -3.64. The summed E-state index contributed by atoms with van der Waals surface area (Å²) in [5.74, 6) is -4.42. The van der Waals surface area contributed by atoms with Crippen LogP contribution in [-0.4, -0.2) is 107 Å². The van der Waals surface area contributed by atoms with Crippen molar-refractivity contribution in [2.45, 2.75) is 24.3 Å². The molecule has 45 heavy (non-hydrogen) atoms. The fourth-order valence-corrected chi connectivity index (χ4v) is 3.11. The van der Waals surface area contributed by atoms with Gasteiger partial charge in [0.25, 0.3) is 0 Å². The fraction of sp³-hybridized carbons (Fsp3) is 0.364. The fourth-order valence-electron chi connectivity index (χ4n) is 2.55. The molecule has 0 saturated carbocycles. The number of pyridine rings is 2. The van der Waals surface area contributed by atoms with E-state index in [2.05, 4.69) is 34.2 Å². The minimum absolute atomic E-state index is 0.0933. The van der Waals surface area contributed by atoms with E-state index in [0.29, 0.717) is 0 Å². The van der Waals surface area contributed by atoms with Crippen molar-refractivity contribution in [1.29, 1.82) is 0 Å². The van der Waals surface area contributed by atoms with Crippen LogP contribution >= 0.6 is 34.8 Å². The molecule has 2 aromatic rings. The van der Waals surface area contributed by atoms with Gasteiger partial charge in [0, 0.05) is 12.1 Å². The van der Waals surface area contributed by atoms with E-state index in [9.17, 15) is 44.5 Å². The highest BCUT2D eigenvalue weighted by molar-refractivity contribution is 6.33. The summed E-state index contributed by atoms with van der Waals surface area (Å²) < 4.78 is 17.1. The summed E-state index contributed by atoms with van der Waals surface area (Å²) in [5, 5.41) is 42.0. The number of methoxy groups -OCH3 is 4. The molecule has 2 heterocycles. The van der Waals surface area contributed by atoms with Crippen LogP contribution in [0.4, 0.5) is 17.2 Å². The Balaban J connectivity index is 0.000000710. The van der Waals surface area contributed by atoms with E-state index in [-0.39, 0.29) is 21.1 Å². The van der Waals surface area contributed by atoms with Crippen LogP contribution in [0, 0.1) is 20.2 Å². The standard InChI is InChI=1S/C11H12ClN3O7.C6H11NO5.C5H2Cl2N2O2/c1-21-10(17)7(8(16)11(18)22-2)14-9-5(15(19)20)3-4-6(12)13-9;1-11-5(9)3(7)4(8)6(10)12-2;6-4-2-1-3(9(10)11)5(7)8-4/h3-4,7-8,16H,1-2H3,(H,13,14);3-4,8H,7H2,1-2H3;1-2H/t7-,8-;3-,4-;/m00./s1. The Morgan fingerprint density at radius 1 is 0.756 bits per heavy atom. The lowest BCUT2D eigenvalue weighted by Gasteiger charge is -2.20. The molecule has 5 N–H and O–H groups in total. The number of nitrogens with zero attached hydrogens (tertiary/aromatic N) is 4. The summed E-state index contributed by atoms with van der Waals surface area (Å²) in [6.45, 7) is 0. The largest absolute Gasteiger partial charge is 0.468 e. The third-order valence-electron chi connectivity index (χ3n) is 4.79. The Morgan fingerprint density at radius 2 is 1.18 bits per heavy atom. The van der Waals surface area contributed by atoms with E-state index in [0.717, 1.165) is 34.5 Å². The molecule has 0 aliphatic rings. The van der Waals surface area contributed by atoms with Crippen LogP contribution in [0.3, 0.4) is 0 Å². The normalized spacial score (nSPS) is 12.6. The maximum absolute atomic E-state index is 11.7. The number of carbonyl (C=O) groups excluding carboxylic acids is 4. The molecule has 0 amide bonds. The molecule has 0 aromatic carbocycles. The number of halogens is 3. The third kappa shape index (κ3) is 13.0. The molecule has 0 radical (unpaired) electrons. The minimum Gasteiger partial charge on any atom is -0.468 e. The number of carbonyl (C=O) groups is 4. The van der Waals surface area contributed by atoms with Gasteiger partial charge in [-0.2, -0.15) is 0 Å². The van der Waals surface area contributed by atoms with Crippen LogP contribution in [0.1, 0.15) is 0 Å². The molecule has 4 atom stereocenters. The van der Waals surface area contributed by atoms with Gasteiger partial charge in [-0.05, 0) is 12.1 Å². The van der Waals surface area contributed by atoms with E-state index >= 15 is 0 Å². The second-order valence-electron chi connectivity index (χ2n) is 7.59. The molecule has 23 heteroatoms. The second-order valence-corrected chi connectivity index (χ2v) is 8.72. The quantitative estimate of drug-likeness (QED) is 0.0858. The maximum atomic E-state index is 11.7. The first-order valence-corrected chi connectivity index (χ1v) is 12.6. The Kier molecular flexibility index (Phi) is 17.8. The average Bonchev–Trinajstić information content (AvgIpc) is 3.01. The number of nitrogens with one attached hydrogen (secondary N) is 1. The van der Waals surface area contributed by atoms with Crippen molar-refractivity contribution < 1.29 is 58.2 Å². The van der Waals surface area contributed by atoms with E-state index in [1.54, 1.807) is 0 Å². The molecular formula is C22H25Cl3N6O14. The number of nitro groups is 2. The number of aliphatic hydroxyl groups is 2. The first-order valence-electron chi connectivity index (χ1n) is 11.4. The Hall–Kier alpha value is -4.47. The van der Waals surface area contributed by atoms with Crippen molar-refractivity contribution >= 4 is 75.9 Å². The van der Waals surface area contributed by atoms with Gasteiger partial charge in [-0.1, -0.05) is 34.8 Å². The Labute approximate surface area is 267 Å². The molecule has 0 unspecified atom stereocenters. The number of hydrogen-bond acceptors (Lipinski definition) is 18. The maximum Gasteiger partial charge on any atom is 0.337 e. The number of esters is 4. The van der Waals surface area contributed by atoms with Gasteiger partial charge in [-0.25, -0.2) is 24.4 Å². The van der Waals surface area contributed by atoms with Gasteiger partial charge in [0.1, 0.15) is 16.3 Å². The molecule has 0 spiro atoms. The van der Waals surface area contributed by atoms with Gasteiger partial charge in [-0.3, -0.25) is 25.0 Å². The average molecular weight is 704 g/mol. The molecule has 0 bridgehead atoms. The predicted octanol–water partition coefficient (Wildman–Crippen LogP) is 0.448. The highest BCUT2D eigenvalue weighted by atomic mass is 35.5. The number of anilines is 1. The highest BCUT2D eigenvalue weighted by Crippen LogP contribution is 2.25. The SMILES string of the molecule is COC(=O)[C@@H](N)[C@H](O)C(=O)OC.COC(=O)[C@@H](O)[C@H](Nc1nc(Cl)ccc1[N+](=O)[O-])C(=O)OC.O=[N+]([O-])c1ccc(Cl)nc1Cl. The highest BCUT2D eigenvalue weighted by Gasteiger charge is 2.36. The van der Waals surface area contributed by atoms with Gasteiger partial charge < -0.3 is 40.2 Å². The van der Waals surface area contributed by atoms with Crippen molar-refractivity contribution in [3.8, 4) is 0 Å². The van der Waals surface area contributed by atoms with Crippen LogP contribution in [0.5, 0.6) is 0 Å². The smallest absolute Gasteiger partial charge is 0.337 e. The molecular weight excluding hydrogens is 679 g/mol. The summed E-state index contributed by atoms with van der Waals surface area (Å²) in [4.78, 5) is 71.1. The lowest BCUT2D eigenvalue weighted by molar-refractivity contribution is -0.385. The van der Waals surface area contributed by atoms with Crippen molar-refractivity contribution in [3.05, 3.63) is 60.0 Å². The molecule has 0 fully saturated rings. The lowest BCUT2D eigenvalue weighted by Crippen LogP contribution is -2.47. The first kappa shape index (κ1) is 40.5. The lowest BCUT2D eigenvalue weighted by atomic mass is 10.1. The molecule has 0 aliphatic heterocycles. The van der Waals surface area contributed by atoms with Crippen LogP contribution < -0.4 is 11.1 Å². The van der Waals surface area contributed by atoms with Gasteiger partial charge in [0.15, 0.2) is 18.2 Å². The van der Waals surface area contributed by atoms with Crippen molar-refractivity contribution in [2.75, 3.05) is 33.8 Å². The summed E-state index contributed by atoms with van der Waals surface area (Å²) >= 11 is 16.4. The van der Waals surface area contributed by atoms with Crippen LogP contribution in [-0.2, 0) is 38.1 Å². The van der Waals surface area contributed by atoms with E-state index in [4.69, 9.17) is 45.6 Å². The zero-order valence-corrected chi connectivity index (χ0v) is 25.7. The second kappa shape index (κ2) is 19.7. The van der Waals surface area contributed by atoms with Crippen LogP contribution in [0.2, 0.25) is 15.5 Å². The van der Waals surface area contributed by atoms with Crippen LogP contribution in [0.25, 0.3) is 0 Å². The molecule has 2 rings (SSSR count). The number of aromatic nitrogens is 2. The van der Waals surface area contributed by atoms with Gasteiger partial charge >= 0.3 is 35.3 Å². The summed E-state index contributed by atoms with van der Waals surface area (Å²) in [7, 11) is 4.20. The predicted molar refractivity (Wildman–Crippen MR) is 152 cm³/mol. The molecule has 2 aromatic heterocycles. The summed E-state index contributed by atoms with van der Waals surface area (Å²) in [6, 6.07) is 1.68. The van der Waals surface area contributed by atoms with Crippen LogP contribution in [0.15, 0.2) is 24.3 Å². The Bertz CT molecular complexity index is 1370. The monoisotopic (exact) mass is 702 g/mol. The number of hydrogen-bond donors (Lipinski definition) is 4. The topological polar surface area (TPSA) is 296 Å². The minimum atomic E-state index is -1.96. The van der Waals surface area contributed by atoms with E-state index in [1.165, 1.54) is 18.2 Å². The van der Waals surface area contributed by atoms with E-state index in [1.807, 2.05) is 0 Å². The first-order chi connectivity index (χ1) is 21.0. The molecule has 0 aliphatic carbocycles. The molecule has 0 saturated heterocycles. The number of ether oxygens (including phenoxy) is 4. The Morgan fingerprint density at radius 3 is 1.60 bits per heavy atom. The number of aliphatic hydroxyl groups excluding tert-OH is 2. The molecule has 20 nitrogen and oxygen atoms in total. The zero-order valence-electron chi connectivity index (χ0n) is 23.4. The molecule has 248 valence electrons. The van der Waals surface area contributed by atoms with Crippen molar-refractivity contribution in [2.24, 2.45) is 5.73 Å². The summed E-state index contributed by atoms with van der Waals surface area (Å²) in [5.41, 5.74) is 4.38. The third-order valence-corrected chi connectivity index (χ3v) is 5.49.